The number of allylic oxidation sites excluding steroid dienone is 1. The molecule has 0 aromatic heterocycles. The Kier molecular flexibility index (Phi) is 1.56. The molecular formula is C12H12FN. The van der Waals surface area contributed by atoms with Gasteiger partial charge in [0.15, 0.2) is 0 Å². The van der Waals surface area contributed by atoms with E-state index in [0.29, 0.717) is 5.41 Å². The molecule has 1 aliphatic heterocycles. The summed E-state index contributed by atoms with van der Waals surface area (Å²) in [5.41, 5.74) is 2.76. The first-order valence-electron chi connectivity index (χ1n) is 4.96. The number of hydrogen-bond donors (Lipinski definition) is 1. The van der Waals surface area contributed by atoms with Crippen molar-refractivity contribution in [3.05, 3.63) is 41.7 Å². The van der Waals surface area contributed by atoms with Gasteiger partial charge in [0, 0.05) is 18.5 Å². The summed E-state index contributed by atoms with van der Waals surface area (Å²) in [5, 5.41) is 3.27. The molecule has 1 aromatic carbocycles. The molecule has 1 saturated heterocycles. The summed E-state index contributed by atoms with van der Waals surface area (Å²) in [6, 6.07) is 6.86. The van der Waals surface area contributed by atoms with Gasteiger partial charge in [-0.3, -0.25) is 0 Å². The first kappa shape index (κ1) is 8.18. The first-order chi connectivity index (χ1) is 6.77. The molecule has 1 fully saturated rings. The van der Waals surface area contributed by atoms with Crippen LogP contribution in [0.15, 0.2) is 30.3 Å². The van der Waals surface area contributed by atoms with Gasteiger partial charge in [-0.25, -0.2) is 4.39 Å². The normalized spacial score (nSPS) is 22.5. The summed E-state index contributed by atoms with van der Waals surface area (Å²) in [7, 11) is 0. The van der Waals surface area contributed by atoms with Gasteiger partial charge >= 0.3 is 0 Å². The van der Waals surface area contributed by atoms with Gasteiger partial charge in [0.1, 0.15) is 5.82 Å². The van der Waals surface area contributed by atoms with E-state index in [0.717, 1.165) is 25.1 Å². The monoisotopic (exact) mass is 189 g/mol. The van der Waals surface area contributed by atoms with Gasteiger partial charge in [-0.1, -0.05) is 18.2 Å². The van der Waals surface area contributed by atoms with Crippen molar-refractivity contribution in [2.24, 2.45) is 5.41 Å². The van der Waals surface area contributed by atoms with Crippen LogP contribution in [0.4, 0.5) is 4.39 Å². The van der Waals surface area contributed by atoms with Crippen LogP contribution in [0.2, 0.25) is 0 Å². The smallest absolute Gasteiger partial charge is 0.123 e. The fraction of sp³-hybridized carbons (Fsp3) is 0.333. The fourth-order valence-corrected chi connectivity index (χ4v) is 2.27. The molecule has 0 saturated carbocycles. The van der Waals surface area contributed by atoms with Gasteiger partial charge in [-0.2, -0.15) is 0 Å². The maximum absolute atomic E-state index is 12.9. The minimum Gasteiger partial charge on any atom is -0.315 e. The topological polar surface area (TPSA) is 12.0 Å². The maximum Gasteiger partial charge on any atom is 0.123 e. The van der Waals surface area contributed by atoms with Crippen LogP contribution >= 0.6 is 0 Å². The third-order valence-corrected chi connectivity index (χ3v) is 3.17. The quantitative estimate of drug-likeness (QED) is 0.714. The Labute approximate surface area is 82.6 Å². The van der Waals surface area contributed by atoms with Crippen LogP contribution in [-0.4, -0.2) is 13.1 Å². The highest BCUT2D eigenvalue weighted by atomic mass is 19.1. The lowest BCUT2D eigenvalue weighted by atomic mass is 9.65. The summed E-state index contributed by atoms with van der Waals surface area (Å²) < 4.78 is 12.9. The van der Waals surface area contributed by atoms with E-state index in [2.05, 4.69) is 11.4 Å². The van der Waals surface area contributed by atoms with Crippen molar-refractivity contribution >= 4 is 5.57 Å². The highest BCUT2D eigenvalue weighted by molar-refractivity contribution is 5.73. The highest BCUT2D eigenvalue weighted by Gasteiger charge is 2.42. The minimum atomic E-state index is -0.143. The molecule has 1 heterocycles. The zero-order valence-corrected chi connectivity index (χ0v) is 7.89. The molecule has 1 N–H and O–H groups in total. The average molecular weight is 189 g/mol. The van der Waals surface area contributed by atoms with E-state index in [9.17, 15) is 4.39 Å². The van der Waals surface area contributed by atoms with Crippen LogP contribution in [0.1, 0.15) is 12.0 Å². The van der Waals surface area contributed by atoms with Crippen LogP contribution < -0.4 is 5.32 Å². The molecule has 1 spiro atoms. The Bertz CT molecular complexity index is 405. The summed E-state index contributed by atoms with van der Waals surface area (Å²) in [4.78, 5) is 0. The second kappa shape index (κ2) is 2.67. The Morgan fingerprint density at radius 2 is 2.07 bits per heavy atom. The second-order valence-electron chi connectivity index (χ2n) is 4.32. The number of rotatable bonds is 1. The molecule has 0 bridgehead atoms. The van der Waals surface area contributed by atoms with Crippen molar-refractivity contribution in [1.82, 2.24) is 5.32 Å². The molecule has 14 heavy (non-hydrogen) atoms. The van der Waals surface area contributed by atoms with Gasteiger partial charge in [0.05, 0.1) is 0 Å². The minimum absolute atomic E-state index is 0.143. The van der Waals surface area contributed by atoms with Gasteiger partial charge in [-0.05, 0) is 29.7 Å². The van der Waals surface area contributed by atoms with Gasteiger partial charge in [0.25, 0.3) is 0 Å². The maximum atomic E-state index is 12.9. The van der Waals surface area contributed by atoms with E-state index in [1.54, 1.807) is 12.1 Å². The average Bonchev–Trinajstić information content (AvgIpc) is 1.98. The third kappa shape index (κ3) is 1.11. The Morgan fingerprint density at radius 1 is 1.29 bits per heavy atom. The largest absolute Gasteiger partial charge is 0.315 e. The van der Waals surface area contributed by atoms with E-state index in [1.807, 2.05) is 6.07 Å². The lowest BCUT2D eigenvalue weighted by Gasteiger charge is -2.47. The van der Waals surface area contributed by atoms with Crippen molar-refractivity contribution in [2.45, 2.75) is 6.42 Å². The van der Waals surface area contributed by atoms with E-state index >= 15 is 0 Å². The summed E-state index contributed by atoms with van der Waals surface area (Å²) in [5.74, 6) is -0.143. The van der Waals surface area contributed by atoms with Gasteiger partial charge in [-0.15, -0.1) is 0 Å². The molecule has 0 atom stereocenters. The van der Waals surface area contributed by atoms with Crippen LogP contribution in [-0.2, 0) is 0 Å². The predicted molar refractivity (Wildman–Crippen MR) is 54.3 cm³/mol. The highest BCUT2D eigenvalue weighted by Crippen LogP contribution is 2.46. The van der Waals surface area contributed by atoms with Crippen LogP contribution in [0.3, 0.4) is 0 Å². The van der Waals surface area contributed by atoms with E-state index in [1.165, 1.54) is 11.6 Å². The number of nitrogens with one attached hydrogen (secondary N) is 1. The third-order valence-electron chi connectivity index (χ3n) is 3.17. The number of halogens is 1. The molecule has 3 rings (SSSR count). The Balaban J connectivity index is 1.88. The SMILES string of the molecule is Fc1cccc(C2=CC3(CNC3)C2)c1. The molecule has 1 aliphatic carbocycles. The molecule has 1 nitrogen and oxygen atoms in total. The van der Waals surface area contributed by atoms with Gasteiger partial charge in [0.2, 0.25) is 0 Å². The molecule has 0 radical (unpaired) electrons. The standard InChI is InChI=1S/C12H12FN/c13-11-3-1-2-9(4-11)10-5-12(6-10)7-14-8-12/h1-5,14H,6-8H2. The van der Waals surface area contributed by atoms with Crippen LogP contribution in [0.25, 0.3) is 5.57 Å². The Hall–Kier alpha value is -1.15. The van der Waals surface area contributed by atoms with E-state index < -0.39 is 0 Å². The first-order valence-corrected chi connectivity index (χ1v) is 4.96. The lowest BCUT2D eigenvalue weighted by molar-refractivity contribution is 0.225. The van der Waals surface area contributed by atoms with Crippen LogP contribution in [0, 0.1) is 11.2 Å². The summed E-state index contributed by atoms with van der Waals surface area (Å²) >= 11 is 0. The summed E-state index contributed by atoms with van der Waals surface area (Å²) in [6.45, 7) is 2.18. The predicted octanol–water partition coefficient (Wildman–Crippen LogP) is 2.20. The van der Waals surface area contributed by atoms with E-state index in [-0.39, 0.29) is 5.82 Å². The van der Waals surface area contributed by atoms with Crippen molar-refractivity contribution in [3.8, 4) is 0 Å². The lowest BCUT2D eigenvalue weighted by Crippen LogP contribution is -2.55. The molecule has 0 amide bonds. The van der Waals surface area contributed by atoms with Crippen molar-refractivity contribution in [1.29, 1.82) is 0 Å². The zero-order valence-electron chi connectivity index (χ0n) is 7.89. The molecule has 2 aliphatic rings. The van der Waals surface area contributed by atoms with E-state index in [4.69, 9.17) is 0 Å². The molecule has 1 aromatic rings. The van der Waals surface area contributed by atoms with Gasteiger partial charge < -0.3 is 5.32 Å². The molecule has 72 valence electrons. The number of hydrogen-bond acceptors (Lipinski definition) is 1. The molecule has 0 unspecified atom stereocenters. The van der Waals surface area contributed by atoms with Crippen molar-refractivity contribution < 1.29 is 4.39 Å². The summed E-state index contributed by atoms with van der Waals surface area (Å²) in [6.07, 6.45) is 3.39. The molecular weight excluding hydrogens is 177 g/mol. The number of benzene rings is 1. The second-order valence-corrected chi connectivity index (χ2v) is 4.32. The Morgan fingerprint density at radius 3 is 2.64 bits per heavy atom. The van der Waals surface area contributed by atoms with Crippen molar-refractivity contribution in [2.75, 3.05) is 13.1 Å². The fourth-order valence-electron chi connectivity index (χ4n) is 2.27. The van der Waals surface area contributed by atoms with Crippen molar-refractivity contribution in [3.63, 3.8) is 0 Å². The van der Waals surface area contributed by atoms with Crippen LogP contribution in [0.5, 0.6) is 0 Å². The molecule has 2 heteroatoms. The zero-order chi connectivity index (χ0) is 9.60.